The molecular weight excluding hydrogens is 326 g/mol. The Morgan fingerprint density at radius 2 is 1.83 bits per heavy atom. The molecule has 1 heterocycles. The smallest absolute Gasteiger partial charge is 0.224 e. The highest BCUT2D eigenvalue weighted by Gasteiger charge is 2.19. The Labute approximate surface area is 149 Å². The molecule has 0 unspecified atom stereocenters. The van der Waals surface area contributed by atoms with Crippen molar-refractivity contribution in [1.82, 2.24) is 15.1 Å². The molecule has 0 bridgehead atoms. The zero-order valence-corrected chi connectivity index (χ0v) is 15.0. The summed E-state index contributed by atoms with van der Waals surface area (Å²) < 4.78 is 0. The molecule has 0 aromatic heterocycles. The van der Waals surface area contributed by atoms with Crippen LogP contribution >= 0.6 is 11.6 Å². The number of hydrogen-bond donors (Lipinski definition) is 1. The Bertz CT molecular complexity index is 557. The van der Waals surface area contributed by atoms with Crippen LogP contribution in [0.2, 0.25) is 5.02 Å². The van der Waals surface area contributed by atoms with Crippen molar-refractivity contribution >= 4 is 23.4 Å². The Balaban J connectivity index is 1.62. The van der Waals surface area contributed by atoms with Crippen LogP contribution in [0.25, 0.3) is 0 Å². The van der Waals surface area contributed by atoms with Gasteiger partial charge in [0.25, 0.3) is 0 Å². The first kappa shape index (κ1) is 18.7. The summed E-state index contributed by atoms with van der Waals surface area (Å²) in [6.07, 6.45) is 1.36. The van der Waals surface area contributed by atoms with Gasteiger partial charge in [0.05, 0.1) is 0 Å². The fourth-order valence-corrected chi connectivity index (χ4v) is 3.05. The lowest BCUT2D eigenvalue weighted by Crippen LogP contribution is -2.49. The molecule has 1 saturated heterocycles. The molecule has 1 aliphatic rings. The molecular formula is C18H26ClN3O2. The third-order valence-electron chi connectivity index (χ3n) is 4.41. The monoisotopic (exact) mass is 351 g/mol. The maximum Gasteiger partial charge on any atom is 0.224 e. The first-order chi connectivity index (χ1) is 11.6. The molecule has 5 nitrogen and oxygen atoms in total. The highest BCUT2D eigenvalue weighted by atomic mass is 35.5. The van der Waals surface area contributed by atoms with E-state index in [9.17, 15) is 9.59 Å². The normalized spacial score (nSPS) is 15.3. The molecule has 0 saturated carbocycles. The summed E-state index contributed by atoms with van der Waals surface area (Å²) in [5.74, 6) is 0.0793. The number of halogens is 1. The maximum absolute atomic E-state index is 12.1. The first-order valence-electron chi connectivity index (χ1n) is 8.60. The summed E-state index contributed by atoms with van der Waals surface area (Å²) in [6, 6.07) is 7.54. The molecule has 0 spiro atoms. The van der Waals surface area contributed by atoms with Crippen LogP contribution in [0.4, 0.5) is 0 Å². The van der Waals surface area contributed by atoms with Crippen LogP contribution in [0.15, 0.2) is 24.3 Å². The molecule has 132 valence electrons. The summed E-state index contributed by atoms with van der Waals surface area (Å²) in [5, 5.41) is 3.51. The minimum atomic E-state index is -0.0430. The van der Waals surface area contributed by atoms with Gasteiger partial charge in [0.1, 0.15) is 0 Å². The van der Waals surface area contributed by atoms with Crippen molar-refractivity contribution in [2.75, 3.05) is 39.3 Å². The zero-order valence-electron chi connectivity index (χ0n) is 14.3. The lowest BCUT2D eigenvalue weighted by atomic mass is 10.1. The lowest BCUT2D eigenvalue weighted by Gasteiger charge is -2.34. The largest absolute Gasteiger partial charge is 0.356 e. The van der Waals surface area contributed by atoms with Crippen LogP contribution in [0.5, 0.6) is 0 Å². The second-order valence-corrected chi connectivity index (χ2v) is 6.41. The summed E-state index contributed by atoms with van der Waals surface area (Å²) in [6.45, 7) is 7.01. The number of likely N-dealkylation sites (N-methyl/N-ethyl adjacent to an activating group) is 1. The van der Waals surface area contributed by atoms with E-state index < -0.39 is 0 Å². The molecule has 2 amide bonds. The molecule has 1 aromatic carbocycles. The third kappa shape index (κ3) is 5.80. The number of rotatable bonds is 7. The molecule has 6 heteroatoms. The van der Waals surface area contributed by atoms with Gasteiger partial charge in [-0.15, -0.1) is 0 Å². The summed E-state index contributed by atoms with van der Waals surface area (Å²) in [4.78, 5) is 28.2. The van der Waals surface area contributed by atoms with E-state index in [-0.39, 0.29) is 11.8 Å². The van der Waals surface area contributed by atoms with Crippen molar-refractivity contribution < 1.29 is 9.59 Å². The molecule has 0 atom stereocenters. The molecule has 1 aliphatic heterocycles. The Morgan fingerprint density at radius 1 is 1.12 bits per heavy atom. The van der Waals surface area contributed by atoms with Crippen LogP contribution in [-0.4, -0.2) is 60.9 Å². The number of piperazine rings is 1. The molecule has 0 aliphatic carbocycles. The van der Waals surface area contributed by atoms with E-state index in [2.05, 4.69) is 17.1 Å². The third-order valence-corrected chi connectivity index (χ3v) is 4.78. The van der Waals surface area contributed by atoms with E-state index >= 15 is 0 Å². The number of benzene rings is 1. The van der Waals surface area contributed by atoms with E-state index in [1.165, 1.54) is 0 Å². The van der Waals surface area contributed by atoms with Crippen molar-refractivity contribution in [2.24, 2.45) is 0 Å². The number of carbonyl (C=O) groups is 2. The highest BCUT2D eigenvalue weighted by Crippen LogP contribution is 2.16. The van der Waals surface area contributed by atoms with Gasteiger partial charge >= 0.3 is 0 Å². The Kier molecular flexibility index (Phi) is 7.53. The second kappa shape index (κ2) is 9.64. The van der Waals surface area contributed by atoms with E-state index in [0.717, 1.165) is 38.3 Å². The fourth-order valence-electron chi connectivity index (χ4n) is 2.82. The number of carbonyl (C=O) groups excluding carboxylic acids is 2. The fraction of sp³-hybridized carbons (Fsp3) is 0.556. The van der Waals surface area contributed by atoms with Crippen molar-refractivity contribution in [3.63, 3.8) is 0 Å². The number of nitrogens with one attached hydrogen (secondary N) is 1. The van der Waals surface area contributed by atoms with Crippen molar-refractivity contribution in [1.29, 1.82) is 0 Å². The average molecular weight is 352 g/mol. The number of nitrogens with zero attached hydrogens (tertiary/aromatic N) is 2. The minimum Gasteiger partial charge on any atom is -0.356 e. The number of amides is 2. The summed E-state index contributed by atoms with van der Waals surface area (Å²) in [7, 11) is 0. The van der Waals surface area contributed by atoms with Crippen LogP contribution in [0.1, 0.15) is 25.3 Å². The lowest BCUT2D eigenvalue weighted by molar-refractivity contribution is -0.132. The first-order valence-corrected chi connectivity index (χ1v) is 8.98. The maximum atomic E-state index is 12.1. The number of hydrogen-bond acceptors (Lipinski definition) is 3. The molecule has 24 heavy (non-hydrogen) atoms. The van der Waals surface area contributed by atoms with E-state index in [0.29, 0.717) is 30.8 Å². The molecule has 1 fully saturated rings. The van der Waals surface area contributed by atoms with Gasteiger partial charge in [-0.05, 0) is 24.6 Å². The van der Waals surface area contributed by atoms with Gasteiger partial charge in [-0.25, -0.2) is 0 Å². The second-order valence-electron chi connectivity index (χ2n) is 6.01. The number of aryl methyl sites for hydroxylation is 1. The molecule has 2 rings (SSSR count). The van der Waals surface area contributed by atoms with Crippen LogP contribution < -0.4 is 5.32 Å². The van der Waals surface area contributed by atoms with Crippen molar-refractivity contribution in [2.45, 2.75) is 26.2 Å². The van der Waals surface area contributed by atoms with Gasteiger partial charge < -0.3 is 15.1 Å². The minimum absolute atomic E-state index is 0.0430. The molecule has 1 aromatic rings. The quantitative estimate of drug-likeness (QED) is 0.816. The van der Waals surface area contributed by atoms with Crippen LogP contribution in [0, 0.1) is 0 Å². The van der Waals surface area contributed by atoms with Gasteiger partial charge in [0.2, 0.25) is 11.8 Å². The Hall–Kier alpha value is -1.59. The van der Waals surface area contributed by atoms with Crippen LogP contribution in [0.3, 0.4) is 0 Å². The molecule has 1 N–H and O–H groups in total. The molecule has 0 radical (unpaired) electrons. The summed E-state index contributed by atoms with van der Waals surface area (Å²) in [5.41, 5.74) is 0.971. The van der Waals surface area contributed by atoms with Crippen LogP contribution in [-0.2, 0) is 16.0 Å². The van der Waals surface area contributed by atoms with Crippen molar-refractivity contribution in [3.8, 4) is 0 Å². The van der Waals surface area contributed by atoms with Gasteiger partial charge in [0, 0.05) is 50.6 Å². The van der Waals surface area contributed by atoms with E-state index in [1.54, 1.807) is 0 Å². The van der Waals surface area contributed by atoms with Gasteiger partial charge in [-0.2, -0.15) is 0 Å². The summed E-state index contributed by atoms with van der Waals surface area (Å²) >= 11 is 6.08. The zero-order chi connectivity index (χ0) is 17.4. The Morgan fingerprint density at radius 3 is 2.50 bits per heavy atom. The van der Waals surface area contributed by atoms with Crippen molar-refractivity contribution in [3.05, 3.63) is 34.9 Å². The predicted octanol–water partition coefficient (Wildman–Crippen LogP) is 1.94. The highest BCUT2D eigenvalue weighted by molar-refractivity contribution is 6.31. The standard InChI is InChI=1S/C18H26ClN3O2/c1-2-21-11-13-22(14-12-21)18(24)9-10-20-17(23)8-7-15-5-3-4-6-16(15)19/h3-6H,2,7-14H2,1H3,(H,20,23). The SMILES string of the molecule is CCN1CCN(C(=O)CCNC(=O)CCc2ccccc2Cl)CC1. The topological polar surface area (TPSA) is 52.6 Å². The van der Waals surface area contributed by atoms with E-state index in [1.807, 2.05) is 29.2 Å². The van der Waals surface area contributed by atoms with E-state index in [4.69, 9.17) is 11.6 Å². The van der Waals surface area contributed by atoms with Gasteiger partial charge in [-0.3, -0.25) is 9.59 Å². The predicted molar refractivity (Wildman–Crippen MR) is 96.1 cm³/mol. The van der Waals surface area contributed by atoms with Gasteiger partial charge in [-0.1, -0.05) is 36.7 Å². The average Bonchev–Trinajstić information content (AvgIpc) is 2.61. The van der Waals surface area contributed by atoms with Gasteiger partial charge in [0.15, 0.2) is 0 Å².